The molecule has 0 bridgehead atoms. The number of benzene rings is 2. The van der Waals surface area contributed by atoms with Crippen LogP contribution in [0.2, 0.25) is 5.02 Å². The van der Waals surface area contributed by atoms with E-state index in [-0.39, 0.29) is 77.4 Å². The van der Waals surface area contributed by atoms with Gasteiger partial charge in [0, 0.05) is 25.7 Å². The van der Waals surface area contributed by atoms with E-state index < -0.39 is 23.6 Å². The first kappa shape index (κ1) is 28.5. The average molecular weight is 583 g/mol. The lowest BCUT2D eigenvalue weighted by atomic mass is 10.0. The predicted octanol–water partition coefficient (Wildman–Crippen LogP) is 5.87. The molecule has 9 nitrogen and oxygen atoms in total. The average Bonchev–Trinajstić information content (AvgIpc) is 3.07. The Morgan fingerprint density at radius 2 is 1.90 bits per heavy atom. The molecule has 2 amide bonds. The number of phenolic OH excluding ortho intramolecular Hbond substituents is 1. The lowest BCUT2D eigenvalue weighted by Crippen LogP contribution is -2.58. The largest absolute Gasteiger partial charge is 0.507 e. The van der Waals surface area contributed by atoms with Crippen molar-refractivity contribution < 1.29 is 28.6 Å². The van der Waals surface area contributed by atoms with E-state index in [1.807, 2.05) is 37.3 Å². The molecular formula is C30H32ClFN4O5. The molecule has 1 saturated heterocycles. The fourth-order valence-corrected chi connectivity index (χ4v) is 5.29. The van der Waals surface area contributed by atoms with Gasteiger partial charge in [-0.1, -0.05) is 48.0 Å². The summed E-state index contributed by atoms with van der Waals surface area (Å²) in [5.74, 6) is -1.30. The summed E-state index contributed by atoms with van der Waals surface area (Å²) < 4.78 is 26.7. The Bertz CT molecular complexity index is 1460. The number of phenols is 1. The van der Waals surface area contributed by atoms with Crippen LogP contribution in [0.25, 0.3) is 11.3 Å². The Kier molecular flexibility index (Phi) is 7.70. The Balaban J connectivity index is 1.57. The highest BCUT2D eigenvalue weighted by Gasteiger charge is 2.41. The van der Waals surface area contributed by atoms with Crippen molar-refractivity contribution in [3.63, 3.8) is 0 Å². The quantitative estimate of drug-likeness (QED) is 0.396. The summed E-state index contributed by atoms with van der Waals surface area (Å²) >= 11 is 6.77. The summed E-state index contributed by atoms with van der Waals surface area (Å²) in [6.07, 6.45) is -0.470. The van der Waals surface area contributed by atoms with Gasteiger partial charge in [-0.2, -0.15) is 0 Å². The van der Waals surface area contributed by atoms with E-state index in [4.69, 9.17) is 21.1 Å². The molecule has 1 aromatic heterocycles. The minimum atomic E-state index is -0.730. The van der Waals surface area contributed by atoms with Crippen LogP contribution >= 0.6 is 11.6 Å². The highest BCUT2D eigenvalue weighted by Crippen LogP contribution is 2.45. The summed E-state index contributed by atoms with van der Waals surface area (Å²) in [4.78, 5) is 34.7. The molecule has 2 atom stereocenters. The van der Waals surface area contributed by atoms with Crippen molar-refractivity contribution in [2.45, 2.75) is 45.4 Å². The van der Waals surface area contributed by atoms with Gasteiger partial charge in [0.1, 0.15) is 45.9 Å². The molecule has 2 aliphatic rings. The predicted molar refractivity (Wildman–Crippen MR) is 153 cm³/mol. The molecule has 3 heterocycles. The number of hydrogen-bond acceptors (Lipinski definition) is 7. The molecule has 1 fully saturated rings. The highest BCUT2D eigenvalue weighted by atomic mass is 35.5. The van der Waals surface area contributed by atoms with Crippen molar-refractivity contribution in [2.75, 3.05) is 31.6 Å². The van der Waals surface area contributed by atoms with Crippen molar-refractivity contribution >= 4 is 29.4 Å². The number of aromatic hydroxyl groups is 1. The first-order valence-electron chi connectivity index (χ1n) is 13.4. The van der Waals surface area contributed by atoms with Gasteiger partial charge in [-0.05, 0) is 45.4 Å². The second-order valence-electron chi connectivity index (χ2n) is 11.1. The first-order chi connectivity index (χ1) is 19.4. The molecule has 2 aliphatic heterocycles. The molecule has 41 heavy (non-hydrogen) atoms. The second-order valence-corrected chi connectivity index (χ2v) is 11.5. The molecule has 2 aromatic carbocycles. The topological polar surface area (TPSA) is 104 Å². The number of pyridine rings is 1. The van der Waals surface area contributed by atoms with Gasteiger partial charge in [0.2, 0.25) is 0 Å². The number of carbonyl (C=O) groups is 2. The van der Waals surface area contributed by atoms with Crippen molar-refractivity contribution in [2.24, 2.45) is 0 Å². The van der Waals surface area contributed by atoms with E-state index in [2.05, 4.69) is 10.3 Å². The molecule has 0 aliphatic carbocycles. The van der Waals surface area contributed by atoms with E-state index in [0.29, 0.717) is 0 Å². The van der Waals surface area contributed by atoms with Crippen LogP contribution in [0, 0.1) is 5.82 Å². The SMILES string of the molecule is C[C@@H](Nc1nc(-c2c(O)cccc2F)c(Cl)c2c1C(=O)N1CCN(C(=O)OC(C)(C)C)CC1CO2)c1ccccc1. The van der Waals surface area contributed by atoms with E-state index in [9.17, 15) is 19.1 Å². The minimum absolute atomic E-state index is 0.0259. The van der Waals surface area contributed by atoms with E-state index in [0.717, 1.165) is 5.56 Å². The maximum absolute atomic E-state index is 15.0. The molecule has 0 spiro atoms. The van der Waals surface area contributed by atoms with Gasteiger partial charge in [-0.25, -0.2) is 14.2 Å². The number of ether oxygens (including phenoxy) is 2. The van der Waals surface area contributed by atoms with Gasteiger partial charge >= 0.3 is 6.09 Å². The number of amides is 2. The van der Waals surface area contributed by atoms with Crippen LogP contribution in [0.1, 0.15) is 49.7 Å². The molecule has 3 aromatic rings. The monoisotopic (exact) mass is 582 g/mol. The van der Waals surface area contributed by atoms with Crippen molar-refractivity contribution in [3.8, 4) is 22.8 Å². The third-order valence-corrected chi connectivity index (χ3v) is 7.36. The number of fused-ring (bicyclic) bond motifs is 2. The fourth-order valence-electron chi connectivity index (χ4n) is 5.00. The fraction of sp³-hybridized carbons (Fsp3) is 0.367. The molecular weight excluding hydrogens is 551 g/mol. The summed E-state index contributed by atoms with van der Waals surface area (Å²) in [7, 11) is 0. The zero-order valence-corrected chi connectivity index (χ0v) is 24.0. The summed E-state index contributed by atoms with van der Waals surface area (Å²) in [6.45, 7) is 8.03. The Morgan fingerprint density at radius 3 is 2.59 bits per heavy atom. The number of aromatic nitrogens is 1. The lowest BCUT2D eigenvalue weighted by Gasteiger charge is -2.40. The standard InChI is InChI=1S/C30H32ClFN4O5/c1-17(18-9-6-5-7-10-18)33-27-23-26(24(31)25(34-27)22-20(32)11-8-12-21(22)37)40-16-19-15-35(13-14-36(19)28(23)38)29(39)41-30(2,3)4/h5-12,17,19,37H,13-16H2,1-4H3,(H,33,34)/t17-,19?/m1/s1. The molecule has 216 valence electrons. The van der Waals surface area contributed by atoms with E-state index in [1.165, 1.54) is 18.2 Å². The number of carbonyl (C=O) groups excluding carboxylic acids is 2. The van der Waals surface area contributed by atoms with E-state index in [1.54, 1.807) is 30.6 Å². The Morgan fingerprint density at radius 1 is 1.17 bits per heavy atom. The summed E-state index contributed by atoms with van der Waals surface area (Å²) in [6, 6.07) is 12.7. The van der Waals surface area contributed by atoms with Crippen LogP contribution in [0.5, 0.6) is 11.5 Å². The minimum Gasteiger partial charge on any atom is -0.507 e. The van der Waals surface area contributed by atoms with Gasteiger partial charge in [-0.15, -0.1) is 0 Å². The first-order valence-corrected chi connectivity index (χ1v) is 13.8. The number of nitrogens with zero attached hydrogens (tertiary/aromatic N) is 3. The van der Waals surface area contributed by atoms with Gasteiger partial charge in [0.25, 0.3) is 5.91 Å². The number of piperazine rings is 1. The van der Waals surface area contributed by atoms with Crippen molar-refractivity contribution in [1.29, 1.82) is 0 Å². The van der Waals surface area contributed by atoms with Crippen molar-refractivity contribution in [3.05, 3.63) is 70.5 Å². The maximum atomic E-state index is 15.0. The number of halogens is 2. The molecule has 11 heteroatoms. The Labute approximate surface area is 242 Å². The highest BCUT2D eigenvalue weighted by molar-refractivity contribution is 6.35. The van der Waals surface area contributed by atoms with Crippen LogP contribution in [0.4, 0.5) is 15.0 Å². The van der Waals surface area contributed by atoms with Crippen LogP contribution in [0.15, 0.2) is 48.5 Å². The number of nitrogens with one attached hydrogen (secondary N) is 1. The van der Waals surface area contributed by atoms with Crippen LogP contribution in [-0.4, -0.2) is 69.8 Å². The second kappa shape index (κ2) is 11.1. The normalized spacial score (nSPS) is 17.6. The zero-order chi connectivity index (χ0) is 29.5. The van der Waals surface area contributed by atoms with Crippen LogP contribution < -0.4 is 10.1 Å². The zero-order valence-electron chi connectivity index (χ0n) is 23.3. The molecule has 0 saturated carbocycles. The molecule has 5 rings (SSSR count). The van der Waals surface area contributed by atoms with Crippen LogP contribution in [-0.2, 0) is 4.74 Å². The van der Waals surface area contributed by atoms with Gasteiger partial charge in [0.05, 0.1) is 11.6 Å². The summed E-state index contributed by atoms with van der Waals surface area (Å²) in [5, 5.41) is 13.7. The van der Waals surface area contributed by atoms with Gasteiger partial charge in [0.15, 0.2) is 5.75 Å². The third-order valence-electron chi connectivity index (χ3n) is 7.01. The lowest BCUT2D eigenvalue weighted by molar-refractivity contribution is 0.000957. The third kappa shape index (κ3) is 5.74. The van der Waals surface area contributed by atoms with Crippen molar-refractivity contribution in [1.82, 2.24) is 14.8 Å². The molecule has 1 unspecified atom stereocenters. The Hall–Kier alpha value is -4.05. The van der Waals surface area contributed by atoms with Gasteiger partial charge in [-0.3, -0.25) is 4.79 Å². The van der Waals surface area contributed by atoms with E-state index >= 15 is 0 Å². The molecule has 2 N–H and O–H groups in total. The van der Waals surface area contributed by atoms with Gasteiger partial charge < -0.3 is 29.7 Å². The van der Waals surface area contributed by atoms with Crippen LogP contribution in [0.3, 0.4) is 0 Å². The maximum Gasteiger partial charge on any atom is 0.410 e. The number of anilines is 1. The smallest absolute Gasteiger partial charge is 0.410 e. The number of rotatable bonds is 4. The number of hydrogen-bond donors (Lipinski definition) is 2. The summed E-state index contributed by atoms with van der Waals surface area (Å²) in [5.41, 5.74) is 0.103. The molecule has 0 radical (unpaired) electrons.